The standard InChI is InChI=1S/C18H18N4O/c1-14-11-12-22-16(13-14)20-21-18(22)19-17(23)10-6-5-9-15-7-3-2-4-8-15/h2-5,7-9,11-13H,6,10H2,1H3,(H,19,21,23)/b9-5+. The van der Waals surface area contributed by atoms with Crippen LogP contribution in [0.2, 0.25) is 0 Å². The van der Waals surface area contributed by atoms with E-state index in [1.165, 1.54) is 0 Å². The number of amides is 1. The first-order chi connectivity index (χ1) is 11.2. The summed E-state index contributed by atoms with van der Waals surface area (Å²) in [6.45, 7) is 1.99. The highest BCUT2D eigenvalue weighted by molar-refractivity contribution is 5.89. The average Bonchev–Trinajstić information content (AvgIpc) is 2.94. The van der Waals surface area contributed by atoms with Crippen LogP contribution < -0.4 is 5.32 Å². The van der Waals surface area contributed by atoms with Gasteiger partial charge in [-0.3, -0.25) is 14.5 Å². The number of hydrogen-bond donors (Lipinski definition) is 1. The molecule has 2 heterocycles. The molecule has 0 unspecified atom stereocenters. The molecular formula is C18H18N4O. The Morgan fingerprint density at radius 1 is 1.22 bits per heavy atom. The Labute approximate surface area is 134 Å². The minimum atomic E-state index is -0.0717. The summed E-state index contributed by atoms with van der Waals surface area (Å²) in [5.41, 5.74) is 2.96. The summed E-state index contributed by atoms with van der Waals surface area (Å²) in [6, 6.07) is 13.9. The molecule has 116 valence electrons. The number of hydrogen-bond acceptors (Lipinski definition) is 3. The van der Waals surface area contributed by atoms with Crippen LogP contribution in [0.25, 0.3) is 11.7 Å². The molecule has 0 bridgehead atoms. The van der Waals surface area contributed by atoms with Crippen LogP contribution in [-0.4, -0.2) is 20.5 Å². The molecule has 1 aromatic carbocycles. The molecule has 2 aromatic heterocycles. The molecule has 5 heteroatoms. The summed E-state index contributed by atoms with van der Waals surface area (Å²) in [7, 11) is 0. The lowest BCUT2D eigenvalue weighted by Gasteiger charge is -2.02. The van der Waals surface area contributed by atoms with Crippen molar-refractivity contribution in [1.82, 2.24) is 14.6 Å². The number of nitrogens with zero attached hydrogens (tertiary/aromatic N) is 3. The van der Waals surface area contributed by atoms with Gasteiger partial charge >= 0.3 is 0 Å². The number of carbonyl (C=O) groups is 1. The number of anilines is 1. The Hall–Kier alpha value is -2.95. The zero-order valence-corrected chi connectivity index (χ0v) is 12.9. The van der Waals surface area contributed by atoms with Gasteiger partial charge in [-0.15, -0.1) is 10.2 Å². The molecule has 0 fully saturated rings. The van der Waals surface area contributed by atoms with Crippen LogP contribution in [0.4, 0.5) is 5.95 Å². The zero-order valence-electron chi connectivity index (χ0n) is 12.9. The molecule has 0 aliphatic carbocycles. The number of nitrogens with one attached hydrogen (secondary N) is 1. The van der Waals surface area contributed by atoms with Crippen molar-refractivity contribution in [2.24, 2.45) is 0 Å². The molecule has 1 amide bonds. The third-order valence-corrected chi connectivity index (χ3v) is 3.46. The molecule has 0 saturated heterocycles. The van der Waals surface area contributed by atoms with E-state index in [-0.39, 0.29) is 5.91 Å². The van der Waals surface area contributed by atoms with Crippen molar-refractivity contribution in [1.29, 1.82) is 0 Å². The fourth-order valence-electron chi connectivity index (χ4n) is 2.26. The predicted octanol–water partition coefficient (Wildman–Crippen LogP) is 3.47. The summed E-state index contributed by atoms with van der Waals surface area (Å²) in [5, 5.41) is 10.9. The molecule has 23 heavy (non-hydrogen) atoms. The smallest absolute Gasteiger partial charge is 0.235 e. The van der Waals surface area contributed by atoms with E-state index in [9.17, 15) is 4.79 Å². The monoisotopic (exact) mass is 306 g/mol. The number of aryl methyl sites for hydroxylation is 1. The van der Waals surface area contributed by atoms with Crippen LogP contribution in [-0.2, 0) is 4.79 Å². The quantitative estimate of drug-likeness (QED) is 0.785. The van der Waals surface area contributed by atoms with Gasteiger partial charge in [0.15, 0.2) is 5.65 Å². The molecule has 0 aliphatic heterocycles. The number of fused-ring (bicyclic) bond motifs is 1. The minimum absolute atomic E-state index is 0.0717. The Morgan fingerprint density at radius 3 is 2.87 bits per heavy atom. The van der Waals surface area contributed by atoms with Crippen molar-refractivity contribution in [3.63, 3.8) is 0 Å². The lowest BCUT2D eigenvalue weighted by Crippen LogP contribution is -2.13. The molecule has 3 rings (SSSR count). The molecule has 0 saturated carbocycles. The number of benzene rings is 1. The fourth-order valence-corrected chi connectivity index (χ4v) is 2.26. The number of allylic oxidation sites excluding steroid dienone is 1. The van der Waals surface area contributed by atoms with Crippen molar-refractivity contribution in [2.75, 3.05) is 5.32 Å². The van der Waals surface area contributed by atoms with E-state index in [0.717, 1.165) is 16.8 Å². The molecule has 5 nitrogen and oxygen atoms in total. The second-order valence-electron chi connectivity index (χ2n) is 5.36. The summed E-state index contributed by atoms with van der Waals surface area (Å²) in [6.07, 6.45) is 6.96. The summed E-state index contributed by atoms with van der Waals surface area (Å²) in [5.74, 6) is 0.384. The van der Waals surface area contributed by atoms with Crippen LogP contribution in [0, 0.1) is 6.92 Å². The Morgan fingerprint density at radius 2 is 2.04 bits per heavy atom. The SMILES string of the molecule is Cc1ccn2c(NC(=O)CC/C=C/c3ccccc3)nnc2c1. The molecule has 0 spiro atoms. The van der Waals surface area contributed by atoms with E-state index in [1.807, 2.05) is 67.7 Å². The molecule has 0 atom stereocenters. The first-order valence-corrected chi connectivity index (χ1v) is 7.55. The maximum atomic E-state index is 12.0. The van der Waals surface area contributed by atoms with E-state index in [4.69, 9.17) is 0 Å². The van der Waals surface area contributed by atoms with Gasteiger partial charge in [0.05, 0.1) is 0 Å². The van der Waals surface area contributed by atoms with Crippen LogP contribution in [0.3, 0.4) is 0 Å². The van der Waals surface area contributed by atoms with Gasteiger partial charge < -0.3 is 0 Å². The lowest BCUT2D eigenvalue weighted by atomic mass is 10.2. The number of aromatic nitrogens is 3. The van der Waals surface area contributed by atoms with Crippen LogP contribution >= 0.6 is 0 Å². The van der Waals surface area contributed by atoms with Gasteiger partial charge in [0.1, 0.15) is 0 Å². The summed E-state index contributed by atoms with van der Waals surface area (Å²) < 4.78 is 1.77. The van der Waals surface area contributed by atoms with Gasteiger partial charge in [-0.25, -0.2) is 0 Å². The first kappa shape index (κ1) is 15.0. The second kappa shape index (κ2) is 6.87. The first-order valence-electron chi connectivity index (χ1n) is 7.55. The number of carbonyl (C=O) groups excluding carboxylic acids is 1. The van der Waals surface area contributed by atoms with Crippen molar-refractivity contribution in [3.05, 3.63) is 65.9 Å². The van der Waals surface area contributed by atoms with E-state index < -0.39 is 0 Å². The fraction of sp³-hybridized carbons (Fsp3) is 0.167. The Balaban J connectivity index is 1.55. The highest BCUT2D eigenvalue weighted by atomic mass is 16.1. The zero-order chi connectivity index (χ0) is 16.1. The van der Waals surface area contributed by atoms with E-state index >= 15 is 0 Å². The Kier molecular flexibility index (Phi) is 4.47. The van der Waals surface area contributed by atoms with Gasteiger partial charge in [0.25, 0.3) is 0 Å². The average molecular weight is 306 g/mol. The van der Waals surface area contributed by atoms with E-state index in [2.05, 4.69) is 15.5 Å². The Bertz CT molecular complexity index is 837. The highest BCUT2D eigenvalue weighted by Crippen LogP contribution is 2.11. The number of rotatable bonds is 5. The van der Waals surface area contributed by atoms with Gasteiger partial charge in [-0.05, 0) is 36.6 Å². The van der Waals surface area contributed by atoms with E-state index in [1.54, 1.807) is 4.40 Å². The van der Waals surface area contributed by atoms with Gasteiger partial charge in [0.2, 0.25) is 11.9 Å². The molecule has 0 radical (unpaired) electrons. The highest BCUT2D eigenvalue weighted by Gasteiger charge is 2.08. The maximum absolute atomic E-state index is 12.0. The van der Waals surface area contributed by atoms with Crippen LogP contribution in [0.5, 0.6) is 0 Å². The topological polar surface area (TPSA) is 59.3 Å². The molecule has 3 aromatic rings. The van der Waals surface area contributed by atoms with Crippen LogP contribution in [0.1, 0.15) is 24.0 Å². The third kappa shape index (κ3) is 3.83. The molecule has 1 N–H and O–H groups in total. The maximum Gasteiger partial charge on any atom is 0.235 e. The van der Waals surface area contributed by atoms with Crippen molar-refractivity contribution in [3.8, 4) is 0 Å². The van der Waals surface area contributed by atoms with Crippen molar-refractivity contribution >= 4 is 23.6 Å². The number of pyridine rings is 1. The van der Waals surface area contributed by atoms with Gasteiger partial charge in [-0.2, -0.15) is 0 Å². The minimum Gasteiger partial charge on any atom is -0.294 e. The summed E-state index contributed by atoms with van der Waals surface area (Å²) in [4.78, 5) is 12.0. The third-order valence-electron chi connectivity index (χ3n) is 3.46. The largest absolute Gasteiger partial charge is 0.294 e. The van der Waals surface area contributed by atoms with Crippen LogP contribution in [0.15, 0.2) is 54.7 Å². The van der Waals surface area contributed by atoms with Gasteiger partial charge in [-0.1, -0.05) is 42.5 Å². The summed E-state index contributed by atoms with van der Waals surface area (Å²) >= 11 is 0. The predicted molar refractivity (Wildman–Crippen MR) is 91.1 cm³/mol. The van der Waals surface area contributed by atoms with Gasteiger partial charge in [0, 0.05) is 12.6 Å². The molecular weight excluding hydrogens is 288 g/mol. The molecule has 0 aliphatic rings. The second-order valence-corrected chi connectivity index (χ2v) is 5.36. The van der Waals surface area contributed by atoms with E-state index in [0.29, 0.717) is 18.8 Å². The van der Waals surface area contributed by atoms with Crippen molar-refractivity contribution in [2.45, 2.75) is 19.8 Å². The van der Waals surface area contributed by atoms with Crippen molar-refractivity contribution < 1.29 is 4.79 Å². The normalized spacial score (nSPS) is 11.2. The lowest BCUT2D eigenvalue weighted by molar-refractivity contribution is -0.116.